The normalized spacial score (nSPS) is 13.3. The average molecular weight is 316 g/mol. The van der Waals surface area contributed by atoms with Gasteiger partial charge in [-0.05, 0) is 12.0 Å². The molecule has 114 valence electrons. The number of halogens is 1. The van der Waals surface area contributed by atoms with Crippen LogP contribution in [0.4, 0.5) is 5.69 Å². The van der Waals surface area contributed by atoms with Crippen molar-refractivity contribution >= 4 is 29.2 Å². The molecule has 0 bridgehead atoms. The van der Waals surface area contributed by atoms with Gasteiger partial charge in [-0.1, -0.05) is 31.9 Å². The summed E-state index contributed by atoms with van der Waals surface area (Å²) in [6.07, 6.45) is 1.38. The number of rotatable bonds is 6. The van der Waals surface area contributed by atoms with Crippen LogP contribution in [-0.4, -0.2) is 32.9 Å². The van der Waals surface area contributed by atoms with Crippen LogP contribution in [0.25, 0.3) is 0 Å². The highest BCUT2D eigenvalue weighted by Gasteiger charge is 2.29. The van der Waals surface area contributed by atoms with Crippen LogP contribution in [0, 0.1) is 16.0 Å². The Bertz CT molecular complexity index is 578. The van der Waals surface area contributed by atoms with Gasteiger partial charge in [0.2, 0.25) is 0 Å². The zero-order chi connectivity index (χ0) is 16.2. The largest absolute Gasteiger partial charge is 0.480 e. The SMILES string of the molecule is CC[C@H](C)[C@H](NC(=O)c1cc(Cl)ncc1[N+](=O)[O-])C(=O)O. The molecule has 0 aliphatic heterocycles. The predicted octanol–water partition coefficient (Wildman–Crippen LogP) is 1.87. The molecule has 1 heterocycles. The number of pyridine rings is 1. The van der Waals surface area contributed by atoms with E-state index in [2.05, 4.69) is 10.3 Å². The number of amides is 1. The van der Waals surface area contributed by atoms with Crippen LogP contribution >= 0.6 is 11.6 Å². The minimum Gasteiger partial charge on any atom is -0.480 e. The van der Waals surface area contributed by atoms with Crippen molar-refractivity contribution < 1.29 is 19.6 Å². The van der Waals surface area contributed by atoms with E-state index in [-0.39, 0.29) is 16.6 Å². The fraction of sp³-hybridized carbons (Fsp3) is 0.417. The molecule has 0 aromatic carbocycles. The molecule has 0 aliphatic rings. The quantitative estimate of drug-likeness (QED) is 0.469. The van der Waals surface area contributed by atoms with Crippen molar-refractivity contribution in [3.8, 4) is 0 Å². The molecule has 0 aliphatic carbocycles. The molecular formula is C12H14ClN3O5. The Balaban J connectivity index is 3.11. The maximum absolute atomic E-state index is 12.1. The lowest BCUT2D eigenvalue weighted by Crippen LogP contribution is -2.45. The Morgan fingerprint density at radius 1 is 1.57 bits per heavy atom. The summed E-state index contributed by atoms with van der Waals surface area (Å²) in [6.45, 7) is 3.44. The van der Waals surface area contributed by atoms with Gasteiger partial charge < -0.3 is 10.4 Å². The lowest BCUT2D eigenvalue weighted by atomic mass is 9.99. The number of nitrogens with one attached hydrogen (secondary N) is 1. The number of carboxylic acids is 1. The summed E-state index contributed by atoms with van der Waals surface area (Å²) in [7, 11) is 0. The van der Waals surface area contributed by atoms with Gasteiger partial charge in [-0.15, -0.1) is 0 Å². The molecule has 21 heavy (non-hydrogen) atoms. The van der Waals surface area contributed by atoms with Gasteiger partial charge in [0, 0.05) is 0 Å². The Morgan fingerprint density at radius 2 is 2.19 bits per heavy atom. The van der Waals surface area contributed by atoms with Crippen LogP contribution < -0.4 is 5.32 Å². The molecule has 0 spiro atoms. The molecule has 2 N–H and O–H groups in total. The van der Waals surface area contributed by atoms with E-state index in [0.717, 1.165) is 12.3 Å². The van der Waals surface area contributed by atoms with Gasteiger partial charge in [-0.2, -0.15) is 0 Å². The fourth-order valence-corrected chi connectivity index (χ4v) is 1.81. The number of nitro groups is 1. The van der Waals surface area contributed by atoms with Crippen LogP contribution in [0.15, 0.2) is 12.3 Å². The number of carboxylic acid groups (broad SMARTS) is 1. The third kappa shape index (κ3) is 4.12. The van der Waals surface area contributed by atoms with Gasteiger partial charge in [0.05, 0.1) is 4.92 Å². The van der Waals surface area contributed by atoms with Crippen LogP contribution in [0.5, 0.6) is 0 Å². The topological polar surface area (TPSA) is 122 Å². The minimum absolute atomic E-state index is 0.0961. The van der Waals surface area contributed by atoms with E-state index in [1.807, 2.05) is 0 Å². The molecule has 0 radical (unpaired) electrons. The number of hydrogen-bond donors (Lipinski definition) is 2. The number of carbonyl (C=O) groups excluding carboxylic acids is 1. The second kappa shape index (κ2) is 6.98. The minimum atomic E-state index is -1.21. The van der Waals surface area contributed by atoms with E-state index in [9.17, 15) is 19.7 Å². The highest BCUT2D eigenvalue weighted by molar-refractivity contribution is 6.29. The first kappa shape index (κ1) is 16.8. The van der Waals surface area contributed by atoms with Crippen molar-refractivity contribution in [2.75, 3.05) is 0 Å². The molecule has 1 rings (SSSR count). The van der Waals surface area contributed by atoms with Gasteiger partial charge in [0.25, 0.3) is 11.6 Å². The van der Waals surface area contributed by atoms with Crippen LogP contribution in [-0.2, 0) is 4.79 Å². The number of aliphatic carboxylic acids is 1. The second-order valence-electron chi connectivity index (χ2n) is 4.46. The number of nitrogens with zero attached hydrogens (tertiary/aromatic N) is 2. The van der Waals surface area contributed by atoms with Crippen molar-refractivity contribution in [1.82, 2.24) is 10.3 Å². The van der Waals surface area contributed by atoms with E-state index >= 15 is 0 Å². The summed E-state index contributed by atoms with van der Waals surface area (Å²) in [6, 6.07) is -0.112. The first-order valence-corrected chi connectivity index (χ1v) is 6.49. The van der Waals surface area contributed by atoms with Crippen molar-refractivity contribution in [2.45, 2.75) is 26.3 Å². The molecule has 1 amide bonds. The Morgan fingerprint density at radius 3 is 2.67 bits per heavy atom. The third-order valence-electron chi connectivity index (χ3n) is 3.06. The lowest BCUT2D eigenvalue weighted by Gasteiger charge is -2.20. The van der Waals surface area contributed by atoms with E-state index in [0.29, 0.717) is 6.42 Å². The zero-order valence-corrected chi connectivity index (χ0v) is 12.1. The van der Waals surface area contributed by atoms with Crippen LogP contribution in [0.2, 0.25) is 5.15 Å². The number of carbonyl (C=O) groups is 2. The summed E-state index contributed by atoms with van der Waals surface area (Å²) in [5, 5.41) is 22.2. The Labute approximate surface area is 125 Å². The molecule has 0 fully saturated rings. The van der Waals surface area contributed by atoms with Crippen LogP contribution in [0.1, 0.15) is 30.6 Å². The first-order valence-electron chi connectivity index (χ1n) is 6.11. The summed E-state index contributed by atoms with van der Waals surface area (Å²) in [5.41, 5.74) is -0.861. The second-order valence-corrected chi connectivity index (χ2v) is 4.84. The summed E-state index contributed by atoms with van der Waals surface area (Å²) in [5.74, 6) is -2.41. The fourth-order valence-electron chi connectivity index (χ4n) is 1.65. The molecular weight excluding hydrogens is 302 g/mol. The van der Waals surface area contributed by atoms with Crippen molar-refractivity contribution in [3.05, 3.63) is 33.1 Å². The summed E-state index contributed by atoms with van der Waals surface area (Å²) < 4.78 is 0. The molecule has 2 atom stereocenters. The molecule has 0 saturated heterocycles. The monoisotopic (exact) mass is 315 g/mol. The number of aromatic nitrogens is 1. The molecule has 8 nitrogen and oxygen atoms in total. The van der Waals surface area contributed by atoms with E-state index in [1.165, 1.54) is 0 Å². The van der Waals surface area contributed by atoms with Crippen molar-refractivity contribution in [2.24, 2.45) is 5.92 Å². The van der Waals surface area contributed by atoms with Gasteiger partial charge in [-0.3, -0.25) is 14.9 Å². The third-order valence-corrected chi connectivity index (χ3v) is 3.26. The van der Waals surface area contributed by atoms with Crippen LogP contribution in [0.3, 0.4) is 0 Å². The molecule has 1 aromatic rings. The first-order chi connectivity index (χ1) is 9.77. The highest BCUT2D eigenvalue weighted by atomic mass is 35.5. The maximum Gasteiger partial charge on any atom is 0.326 e. The van der Waals surface area contributed by atoms with E-state index in [1.54, 1.807) is 13.8 Å². The van der Waals surface area contributed by atoms with Gasteiger partial charge in [0.1, 0.15) is 23.0 Å². The van der Waals surface area contributed by atoms with Gasteiger partial charge in [-0.25, -0.2) is 9.78 Å². The smallest absolute Gasteiger partial charge is 0.326 e. The van der Waals surface area contributed by atoms with Gasteiger partial charge >= 0.3 is 5.97 Å². The highest BCUT2D eigenvalue weighted by Crippen LogP contribution is 2.21. The molecule has 9 heteroatoms. The number of hydrogen-bond acceptors (Lipinski definition) is 5. The average Bonchev–Trinajstić information content (AvgIpc) is 2.42. The molecule has 0 unspecified atom stereocenters. The van der Waals surface area contributed by atoms with Crippen molar-refractivity contribution in [1.29, 1.82) is 0 Å². The summed E-state index contributed by atoms with van der Waals surface area (Å²) in [4.78, 5) is 36.9. The van der Waals surface area contributed by atoms with E-state index in [4.69, 9.17) is 16.7 Å². The predicted molar refractivity (Wildman–Crippen MR) is 74.2 cm³/mol. The van der Waals surface area contributed by atoms with Gasteiger partial charge in [0.15, 0.2) is 0 Å². The Kier molecular flexibility index (Phi) is 5.60. The van der Waals surface area contributed by atoms with E-state index < -0.39 is 28.5 Å². The zero-order valence-electron chi connectivity index (χ0n) is 11.4. The summed E-state index contributed by atoms with van der Waals surface area (Å²) >= 11 is 5.62. The Hall–Kier alpha value is -2.22. The standard InChI is InChI=1S/C12H14ClN3O5/c1-3-6(2)10(12(18)19)15-11(17)7-4-9(13)14-5-8(7)16(20)21/h4-6,10H,3H2,1-2H3,(H,15,17)(H,18,19)/t6-,10-/m0/s1. The molecule has 0 saturated carbocycles. The maximum atomic E-state index is 12.1. The van der Waals surface area contributed by atoms with Crippen molar-refractivity contribution in [3.63, 3.8) is 0 Å². The lowest BCUT2D eigenvalue weighted by molar-refractivity contribution is -0.385. The molecule has 1 aromatic heterocycles.